The average Bonchev–Trinajstić information content (AvgIpc) is 3.98. The van der Waals surface area contributed by atoms with Gasteiger partial charge < -0.3 is 34.9 Å². The number of fused-ring (bicyclic) bond motifs is 5. The lowest BCUT2D eigenvalue weighted by atomic mass is 9.47. The average molecular weight is 662 g/mol. The quantitative estimate of drug-likeness (QED) is 0.286. The lowest BCUT2D eigenvalue weighted by molar-refractivity contribution is -0.176. The highest BCUT2D eigenvalue weighted by atomic mass is 16.5. The fraction of sp³-hybridized carbons (Fsp3) is 0.600. The van der Waals surface area contributed by atoms with E-state index in [0.29, 0.717) is 36.2 Å². The molecule has 2 spiro atoms. The van der Waals surface area contributed by atoms with Crippen LogP contribution in [-0.2, 0) is 36.5 Å². The van der Waals surface area contributed by atoms with Crippen molar-refractivity contribution in [2.75, 3.05) is 26.2 Å². The van der Waals surface area contributed by atoms with Gasteiger partial charge in [0.1, 0.15) is 0 Å². The summed E-state index contributed by atoms with van der Waals surface area (Å²) in [6.07, 6.45) is 8.06. The number of aromatic hydroxyl groups is 2. The van der Waals surface area contributed by atoms with Gasteiger partial charge in [0.2, 0.25) is 0 Å². The van der Waals surface area contributed by atoms with Crippen LogP contribution in [0.1, 0.15) is 95.5 Å². The third kappa shape index (κ3) is 2.87. The first-order valence-electron chi connectivity index (χ1n) is 19.0. The maximum atomic E-state index is 13.5. The number of H-pyrrole nitrogens is 1. The number of nitrogens with one attached hydrogen (secondary N) is 1. The van der Waals surface area contributed by atoms with Gasteiger partial charge in [-0.25, -0.2) is 0 Å². The second-order valence-electron chi connectivity index (χ2n) is 17.8. The summed E-state index contributed by atoms with van der Waals surface area (Å²) in [5, 5.41) is 49.4. The van der Waals surface area contributed by atoms with Gasteiger partial charge in [0.05, 0.1) is 33.4 Å². The van der Waals surface area contributed by atoms with Crippen LogP contribution >= 0.6 is 0 Å². The zero-order valence-electron chi connectivity index (χ0n) is 27.7. The van der Waals surface area contributed by atoms with Crippen LogP contribution in [0.4, 0.5) is 0 Å². The summed E-state index contributed by atoms with van der Waals surface area (Å²) in [5.74, 6) is 2.77. The number of aromatic amines is 1. The first-order chi connectivity index (χ1) is 23.7. The van der Waals surface area contributed by atoms with E-state index in [1.807, 2.05) is 0 Å². The Hall–Kier alpha value is -3.24. The van der Waals surface area contributed by atoms with Gasteiger partial charge in [0, 0.05) is 49.1 Å². The molecule has 6 aliphatic carbocycles. The SMILES string of the molecule is Oc1ccc2c3c1O[C@H]1c4[nH]c5c(c4C[C@@]4(O)[C@@H](C2)N(CC2CC2)CC[C@]314)C[C@]1(O)[C@@H]2Cc3ccc(O)c4c3[C@]1(CCN2CC1CC1)[C@@H]5O4. The topological polar surface area (TPSA) is 122 Å². The molecule has 5 N–H and O–H groups in total. The van der Waals surface area contributed by atoms with Crippen molar-refractivity contribution >= 4 is 0 Å². The summed E-state index contributed by atoms with van der Waals surface area (Å²) >= 11 is 0. The van der Waals surface area contributed by atoms with Crippen LogP contribution in [0.2, 0.25) is 0 Å². The minimum Gasteiger partial charge on any atom is -0.504 e. The number of rotatable bonds is 4. The molecule has 3 aromatic rings. The zero-order valence-corrected chi connectivity index (χ0v) is 27.7. The Morgan fingerprint density at radius 1 is 0.673 bits per heavy atom. The van der Waals surface area contributed by atoms with Crippen LogP contribution in [-0.4, -0.2) is 84.7 Å². The van der Waals surface area contributed by atoms with Crippen LogP contribution in [0.5, 0.6) is 23.0 Å². The lowest BCUT2D eigenvalue weighted by Gasteiger charge is -2.63. The standard InChI is InChI=1S/C40H43N3O6/c44-25-7-5-21-13-27-39(46)15-23-24-16-40(47)28-14-22-6-8-26(45)34-30(22)38(40,10-12-43(28)18-20-3-4-20)36(49-34)32(24)41-31(23)35-37(39,29(21)33(25)48-35)9-11-42(27)17-19-1-2-19/h5-8,19-20,27-28,35-36,41,44-47H,1-4,9-18H2/t27-,28+,35+,36-,37+,38-,39-,40+. The van der Waals surface area contributed by atoms with Gasteiger partial charge in [-0.3, -0.25) is 9.80 Å². The van der Waals surface area contributed by atoms with E-state index in [1.165, 1.54) is 36.8 Å². The minimum absolute atomic E-state index is 0.0535. The second kappa shape index (κ2) is 8.28. The molecule has 2 saturated heterocycles. The molecule has 4 aliphatic heterocycles. The number of aliphatic hydroxyl groups is 2. The Morgan fingerprint density at radius 2 is 1.12 bits per heavy atom. The largest absolute Gasteiger partial charge is 0.504 e. The van der Waals surface area contributed by atoms with E-state index in [0.717, 1.165) is 85.5 Å². The zero-order chi connectivity index (χ0) is 32.4. The summed E-state index contributed by atoms with van der Waals surface area (Å²) < 4.78 is 13.9. The number of aromatic nitrogens is 1. The van der Waals surface area contributed by atoms with Crippen LogP contribution in [0.25, 0.3) is 0 Å². The Bertz CT molecular complexity index is 1910. The van der Waals surface area contributed by atoms with E-state index < -0.39 is 34.2 Å². The smallest absolute Gasteiger partial charge is 0.166 e. The molecule has 5 heterocycles. The minimum atomic E-state index is -1.09. The summed E-state index contributed by atoms with van der Waals surface area (Å²) in [7, 11) is 0. The summed E-state index contributed by atoms with van der Waals surface area (Å²) in [5.41, 5.74) is 4.93. The molecule has 49 heavy (non-hydrogen) atoms. The highest BCUT2D eigenvalue weighted by Gasteiger charge is 2.76. The molecule has 0 amide bonds. The molecule has 4 bridgehead atoms. The molecule has 8 atom stereocenters. The van der Waals surface area contributed by atoms with Gasteiger partial charge in [0.15, 0.2) is 35.2 Å². The first kappa shape index (κ1) is 27.5. The van der Waals surface area contributed by atoms with E-state index in [1.54, 1.807) is 12.1 Å². The van der Waals surface area contributed by atoms with Gasteiger partial charge in [-0.1, -0.05) is 12.1 Å². The van der Waals surface area contributed by atoms with E-state index >= 15 is 0 Å². The van der Waals surface area contributed by atoms with Gasteiger partial charge in [-0.05, 0) is 111 Å². The van der Waals surface area contributed by atoms with E-state index in [-0.39, 0.29) is 23.6 Å². The number of benzene rings is 2. The van der Waals surface area contributed by atoms with Crippen LogP contribution in [0.3, 0.4) is 0 Å². The summed E-state index contributed by atoms with van der Waals surface area (Å²) in [4.78, 5) is 9.05. The molecular weight excluding hydrogens is 618 g/mol. The second-order valence-corrected chi connectivity index (χ2v) is 17.8. The Morgan fingerprint density at radius 3 is 1.55 bits per heavy atom. The van der Waals surface area contributed by atoms with Gasteiger partial charge in [-0.15, -0.1) is 0 Å². The third-order valence-corrected chi connectivity index (χ3v) is 15.7. The molecule has 9 heteroatoms. The molecule has 10 aliphatic rings. The predicted octanol–water partition coefficient (Wildman–Crippen LogP) is 3.82. The Labute approximate surface area is 284 Å². The normalized spacial score (nSPS) is 41.3. The van der Waals surface area contributed by atoms with Crippen LogP contribution in [0.15, 0.2) is 24.3 Å². The maximum Gasteiger partial charge on any atom is 0.166 e. The summed E-state index contributed by atoms with van der Waals surface area (Å²) in [6, 6.07) is 7.56. The van der Waals surface area contributed by atoms with Crippen LogP contribution < -0.4 is 9.47 Å². The van der Waals surface area contributed by atoms with Crippen molar-refractivity contribution in [3.05, 3.63) is 69.0 Å². The van der Waals surface area contributed by atoms with Crippen molar-refractivity contribution in [2.24, 2.45) is 11.8 Å². The fourth-order valence-electron chi connectivity index (χ4n) is 13.4. The van der Waals surface area contributed by atoms with Crippen molar-refractivity contribution in [1.82, 2.24) is 14.8 Å². The molecule has 0 radical (unpaired) electrons. The molecule has 0 unspecified atom stereocenters. The lowest BCUT2D eigenvalue weighted by Crippen LogP contribution is -2.75. The van der Waals surface area contributed by atoms with Gasteiger partial charge in [-0.2, -0.15) is 0 Å². The maximum absolute atomic E-state index is 13.5. The van der Waals surface area contributed by atoms with Gasteiger partial charge in [0.25, 0.3) is 0 Å². The number of likely N-dealkylation sites (tertiary alicyclic amines) is 2. The summed E-state index contributed by atoms with van der Waals surface area (Å²) in [6.45, 7) is 3.84. The number of phenols is 2. The van der Waals surface area contributed by atoms with Gasteiger partial charge >= 0.3 is 0 Å². The molecule has 9 nitrogen and oxygen atoms in total. The predicted molar refractivity (Wildman–Crippen MR) is 177 cm³/mol. The number of ether oxygens (including phenoxy) is 2. The fourth-order valence-corrected chi connectivity index (χ4v) is 13.4. The Kier molecular flexibility index (Phi) is 4.64. The van der Waals surface area contributed by atoms with E-state index in [9.17, 15) is 20.4 Å². The Balaban J connectivity index is 1.03. The highest BCUT2D eigenvalue weighted by molar-refractivity contribution is 5.68. The number of piperidine rings is 2. The molecule has 1 aromatic heterocycles. The number of nitrogens with zero attached hydrogens (tertiary/aromatic N) is 2. The molecule has 4 fully saturated rings. The van der Waals surface area contributed by atoms with Crippen LogP contribution in [0, 0.1) is 11.8 Å². The van der Waals surface area contributed by atoms with Crippen molar-refractivity contribution < 1.29 is 29.9 Å². The molecule has 254 valence electrons. The third-order valence-electron chi connectivity index (χ3n) is 15.7. The van der Waals surface area contributed by atoms with Crippen molar-refractivity contribution in [3.8, 4) is 23.0 Å². The van der Waals surface area contributed by atoms with E-state index in [2.05, 4.69) is 26.9 Å². The molecule has 2 aromatic carbocycles. The van der Waals surface area contributed by atoms with E-state index in [4.69, 9.17) is 9.47 Å². The van der Waals surface area contributed by atoms with Crippen molar-refractivity contribution in [2.45, 2.75) is 111 Å². The first-order valence-corrected chi connectivity index (χ1v) is 19.0. The monoisotopic (exact) mass is 661 g/mol. The molecule has 13 rings (SSSR count). The van der Waals surface area contributed by atoms with Crippen molar-refractivity contribution in [3.63, 3.8) is 0 Å². The molecule has 2 saturated carbocycles. The highest BCUT2D eigenvalue weighted by Crippen LogP contribution is 2.72. The number of phenolic OH excluding ortho intramolecular Hbond substituents is 2. The number of hydrogen-bond acceptors (Lipinski definition) is 8. The number of hydrogen-bond donors (Lipinski definition) is 5. The molecular formula is C40H43N3O6. The van der Waals surface area contributed by atoms with Crippen molar-refractivity contribution in [1.29, 1.82) is 0 Å².